The maximum absolute atomic E-state index is 2.42. The lowest BCUT2D eigenvalue weighted by Crippen LogP contribution is -2.25. The highest BCUT2D eigenvalue weighted by Gasteiger charge is 2.32. The van der Waals surface area contributed by atoms with E-state index >= 15 is 0 Å². The fraction of sp³-hybridized carbons (Fsp3) is 0.0476. The monoisotopic (exact) mass is 830 g/mol. The number of para-hydroxylation sites is 2. The van der Waals surface area contributed by atoms with Crippen molar-refractivity contribution in [1.29, 1.82) is 0 Å². The first-order chi connectivity index (χ1) is 32.1. The van der Waals surface area contributed by atoms with Crippen LogP contribution in [0.15, 0.2) is 249 Å². The second-order valence-electron chi connectivity index (χ2n) is 17.5. The Morgan fingerprint density at radius 2 is 1.05 bits per heavy atom. The molecule has 2 nitrogen and oxygen atoms in total. The predicted molar refractivity (Wildman–Crippen MR) is 277 cm³/mol. The van der Waals surface area contributed by atoms with Gasteiger partial charge in [0, 0.05) is 38.9 Å². The van der Waals surface area contributed by atoms with Crippen LogP contribution in [0.3, 0.4) is 0 Å². The summed E-state index contributed by atoms with van der Waals surface area (Å²) in [5.41, 5.74) is 15.4. The lowest BCUT2D eigenvalue weighted by Gasteiger charge is -2.35. The molecular formula is C63H46N2. The molecule has 1 aliphatic rings. The van der Waals surface area contributed by atoms with Gasteiger partial charge in [-0.3, -0.25) is 0 Å². The molecule has 1 atom stereocenters. The second-order valence-corrected chi connectivity index (χ2v) is 17.5. The Balaban J connectivity index is 0.970. The summed E-state index contributed by atoms with van der Waals surface area (Å²) in [5.74, 6) is 0. The highest BCUT2D eigenvalue weighted by Crippen LogP contribution is 2.46. The first-order valence-corrected chi connectivity index (χ1v) is 22.6. The average Bonchev–Trinajstić information content (AvgIpc) is 3.72. The summed E-state index contributed by atoms with van der Waals surface area (Å²) >= 11 is 0. The van der Waals surface area contributed by atoms with Crippen molar-refractivity contribution < 1.29 is 0 Å². The van der Waals surface area contributed by atoms with Gasteiger partial charge in [0.1, 0.15) is 0 Å². The van der Waals surface area contributed by atoms with Crippen molar-refractivity contribution in [3.05, 3.63) is 260 Å². The maximum atomic E-state index is 2.42. The molecule has 1 unspecified atom stereocenters. The van der Waals surface area contributed by atoms with Crippen LogP contribution in [0.4, 0.5) is 17.1 Å². The third-order valence-electron chi connectivity index (χ3n) is 13.7. The molecule has 0 bridgehead atoms. The molecule has 0 aliphatic heterocycles. The van der Waals surface area contributed by atoms with Crippen molar-refractivity contribution in [2.75, 3.05) is 4.90 Å². The molecule has 0 fully saturated rings. The summed E-state index contributed by atoms with van der Waals surface area (Å²) < 4.78 is 2.39. The van der Waals surface area contributed by atoms with Crippen LogP contribution in [-0.2, 0) is 5.41 Å². The molecule has 11 aromatic rings. The van der Waals surface area contributed by atoms with E-state index in [1.54, 1.807) is 0 Å². The van der Waals surface area contributed by atoms with E-state index in [1.807, 2.05) is 0 Å². The van der Waals surface area contributed by atoms with Gasteiger partial charge in [0.15, 0.2) is 0 Å². The number of benzene rings is 10. The van der Waals surface area contributed by atoms with Crippen molar-refractivity contribution in [3.63, 3.8) is 0 Å². The molecule has 0 spiro atoms. The fourth-order valence-electron chi connectivity index (χ4n) is 10.4. The van der Waals surface area contributed by atoms with Gasteiger partial charge in [-0.2, -0.15) is 0 Å². The summed E-state index contributed by atoms with van der Waals surface area (Å²) in [6.45, 7) is 2.38. The number of hydrogen-bond acceptors (Lipinski definition) is 1. The largest absolute Gasteiger partial charge is 0.310 e. The number of anilines is 3. The van der Waals surface area contributed by atoms with E-state index in [2.05, 4.69) is 265 Å². The lowest BCUT2D eigenvalue weighted by atomic mass is 9.69. The summed E-state index contributed by atoms with van der Waals surface area (Å²) in [6, 6.07) is 84.5. The van der Waals surface area contributed by atoms with Gasteiger partial charge in [0.05, 0.1) is 11.0 Å². The molecule has 12 rings (SSSR count). The average molecular weight is 831 g/mol. The van der Waals surface area contributed by atoms with Gasteiger partial charge < -0.3 is 9.47 Å². The van der Waals surface area contributed by atoms with Crippen molar-refractivity contribution in [3.8, 4) is 27.9 Å². The molecule has 0 saturated carbocycles. The van der Waals surface area contributed by atoms with Gasteiger partial charge in [-0.05, 0) is 134 Å². The zero-order valence-electron chi connectivity index (χ0n) is 36.3. The van der Waals surface area contributed by atoms with Gasteiger partial charge >= 0.3 is 0 Å². The van der Waals surface area contributed by atoms with E-state index < -0.39 is 0 Å². The van der Waals surface area contributed by atoms with Crippen LogP contribution in [0, 0.1) is 0 Å². The first kappa shape index (κ1) is 38.5. The van der Waals surface area contributed by atoms with Crippen LogP contribution in [0.25, 0.3) is 76.9 Å². The number of allylic oxidation sites excluding steroid dienone is 4. The van der Waals surface area contributed by atoms with Crippen molar-refractivity contribution in [2.24, 2.45) is 0 Å². The van der Waals surface area contributed by atoms with Gasteiger partial charge in [-0.1, -0.05) is 189 Å². The predicted octanol–water partition coefficient (Wildman–Crippen LogP) is 17.2. The van der Waals surface area contributed by atoms with E-state index in [0.717, 1.165) is 34.7 Å². The van der Waals surface area contributed by atoms with Crippen LogP contribution >= 0.6 is 0 Å². The Morgan fingerprint density at radius 3 is 1.89 bits per heavy atom. The normalized spacial score (nSPS) is 14.9. The minimum absolute atomic E-state index is 0.158. The van der Waals surface area contributed by atoms with E-state index in [0.29, 0.717) is 0 Å². The number of rotatable bonds is 8. The Hall–Kier alpha value is -8.20. The Morgan fingerprint density at radius 1 is 0.431 bits per heavy atom. The molecule has 0 amide bonds. The molecule has 1 aliphatic carbocycles. The van der Waals surface area contributed by atoms with E-state index in [-0.39, 0.29) is 5.41 Å². The Kier molecular flexibility index (Phi) is 9.39. The molecule has 1 heterocycles. The van der Waals surface area contributed by atoms with Crippen LogP contribution in [-0.4, -0.2) is 4.57 Å². The highest BCUT2D eigenvalue weighted by molar-refractivity contribution is 6.16. The summed E-state index contributed by atoms with van der Waals surface area (Å²) in [7, 11) is 0. The second kappa shape index (κ2) is 15.9. The smallest absolute Gasteiger partial charge is 0.0547 e. The number of hydrogen-bond donors (Lipinski definition) is 0. The summed E-state index contributed by atoms with van der Waals surface area (Å²) in [5, 5.41) is 7.51. The fourth-order valence-corrected chi connectivity index (χ4v) is 10.4. The van der Waals surface area contributed by atoms with Gasteiger partial charge in [-0.15, -0.1) is 0 Å². The minimum atomic E-state index is -0.158. The SMILES string of the molecule is CC1(c2ccc(N(c3cccc(-c4cccc(-c5cccc6c5c5ccccc5n6-c5ccccc5)c4)c3)c3ccc4c(ccc5ccccc54)c3)cc2)CC=CC=C1c1ccccc1. The van der Waals surface area contributed by atoms with Gasteiger partial charge in [0.25, 0.3) is 0 Å². The lowest BCUT2D eigenvalue weighted by molar-refractivity contribution is 0.621. The molecule has 65 heavy (non-hydrogen) atoms. The topological polar surface area (TPSA) is 8.17 Å². The van der Waals surface area contributed by atoms with Crippen LogP contribution in [0.2, 0.25) is 0 Å². The van der Waals surface area contributed by atoms with Crippen LogP contribution in [0.1, 0.15) is 24.5 Å². The highest BCUT2D eigenvalue weighted by atomic mass is 15.1. The van der Waals surface area contributed by atoms with Crippen LogP contribution < -0.4 is 4.90 Å². The van der Waals surface area contributed by atoms with E-state index in [1.165, 1.54) is 76.7 Å². The third kappa shape index (κ3) is 6.65. The molecule has 308 valence electrons. The minimum Gasteiger partial charge on any atom is -0.310 e. The number of nitrogens with zero attached hydrogens (tertiary/aromatic N) is 2. The Bertz CT molecular complexity index is 3630. The third-order valence-corrected chi connectivity index (χ3v) is 13.7. The van der Waals surface area contributed by atoms with E-state index in [9.17, 15) is 0 Å². The summed E-state index contributed by atoms with van der Waals surface area (Å²) in [6.07, 6.45) is 7.74. The van der Waals surface area contributed by atoms with Gasteiger partial charge in [0.2, 0.25) is 0 Å². The molecule has 0 saturated heterocycles. The molecule has 1 aromatic heterocycles. The maximum Gasteiger partial charge on any atom is 0.0547 e. The quantitative estimate of drug-likeness (QED) is 0.139. The van der Waals surface area contributed by atoms with E-state index in [4.69, 9.17) is 0 Å². The molecule has 0 N–H and O–H groups in total. The first-order valence-electron chi connectivity index (χ1n) is 22.6. The van der Waals surface area contributed by atoms with Crippen LogP contribution in [0.5, 0.6) is 0 Å². The van der Waals surface area contributed by atoms with Crippen molar-refractivity contribution in [1.82, 2.24) is 4.57 Å². The van der Waals surface area contributed by atoms with Gasteiger partial charge in [-0.25, -0.2) is 0 Å². The Labute approximate surface area is 380 Å². The molecule has 10 aromatic carbocycles. The molecule has 0 radical (unpaired) electrons. The summed E-state index contributed by atoms with van der Waals surface area (Å²) in [4.78, 5) is 2.42. The zero-order chi connectivity index (χ0) is 43.3. The van der Waals surface area contributed by atoms with Crippen molar-refractivity contribution >= 4 is 66.0 Å². The van der Waals surface area contributed by atoms with Crippen molar-refractivity contribution in [2.45, 2.75) is 18.8 Å². The molecule has 2 heteroatoms. The standard InChI is InChI=1S/C63H46N2/c1-63(40-13-12-29-59(63)45-18-4-2-5-19-45)50-34-36-52(37-35-50)64(54-38-39-56-49(43-54)33-32-44-17-8-9-26-55(44)56)53-25-15-21-47(42-53)46-20-14-22-48(41-46)57-28-16-31-61-62(57)58-27-10-11-30-60(58)65(61)51-23-6-3-7-24-51/h2-39,41-43H,40H2,1H3. The molecular weight excluding hydrogens is 785 g/mol. The number of fused-ring (bicyclic) bond motifs is 6. The zero-order valence-corrected chi connectivity index (χ0v) is 36.3. The number of aromatic nitrogens is 1.